The number of carbonyl (C=O) groups is 2. The molecule has 0 bridgehead atoms. The molecule has 1 aromatic heterocycles. The molecule has 174 valence electrons. The number of aromatic nitrogens is 2. The molecular weight excluding hydrogens is 441 g/mol. The second-order valence-electron chi connectivity index (χ2n) is 6.82. The molecule has 0 fully saturated rings. The predicted molar refractivity (Wildman–Crippen MR) is 114 cm³/mol. The molecule has 8 nitrogen and oxygen atoms in total. The van der Waals surface area contributed by atoms with Gasteiger partial charge in [-0.1, -0.05) is 18.2 Å². The number of nitrogens with one attached hydrogen (secondary N) is 2. The number of ether oxygens (including phenoxy) is 2. The third-order valence-electron chi connectivity index (χ3n) is 4.53. The third kappa shape index (κ3) is 6.03. The Hall–Kier alpha value is -4.02. The molecule has 11 heteroatoms. The maximum atomic E-state index is 12.8. The van der Waals surface area contributed by atoms with Crippen molar-refractivity contribution >= 4 is 11.8 Å². The summed E-state index contributed by atoms with van der Waals surface area (Å²) in [5.41, 5.74) is 1.62. The van der Waals surface area contributed by atoms with E-state index in [4.69, 9.17) is 9.47 Å². The van der Waals surface area contributed by atoms with Gasteiger partial charge in [-0.3, -0.25) is 9.59 Å². The average molecular weight is 462 g/mol. The first-order chi connectivity index (χ1) is 15.7. The molecule has 0 unspecified atom stereocenters. The van der Waals surface area contributed by atoms with Gasteiger partial charge in [-0.25, -0.2) is 4.68 Å². The SMILES string of the molecule is COc1ccc(-c2nn(-c3ccccc3)cc2C(=O)NCC(=O)NCC(F)(F)F)cc1OC. The van der Waals surface area contributed by atoms with Crippen molar-refractivity contribution in [3.05, 3.63) is 60.3 Å². The van der Waals surface area contributed by atoms with E-state index in [0.29, 0.717) is 22.7 Å². The lowest BCUT2D eigenvalue weighted by molar-refractivity contribution is -0.137. The van der Waals surface area contributed by atoms with E-state index in [-0.39, 0.29) is 11.3 Å². The van der Waals surface area contributed by atoms with Crippen molar-refractivity contribution in [2.45, 2.75) is 6.18 Å². The maximum Gasteiger partial charge on any atom is 0.405 e. The zero-order chi connectivity index (χ0) is 24.0. The van der Waals surface area contributed by atoms with Crippen molar-refractivity contribution in [3.63, 3.8) is 0 Å². The van der Waals surface area contributed by atoms with E-state index >= 15 is 0 Å². The lowest BCUT2D eigenvalue weighted by atomic mass is 10.1. The van der Waals surface area contributed by atoms with Crippen LogP contribution in [0, 0.1) is 0 Å². The first kappa shape index (κ1) is 23.6. The molecule has 1 heterocycles. The number of methoxy groups -OCH3 is 2. The molecule has 0 spiro atoms. The zero-order valence-electron chi connectivity index (χ0n) is 17.8. The molecule has 0 aliphatic carbocycles. The quantitative estimate of drug-likeness (QED) is 0.537. The van der Waals surface area contributed by atoms with E-state index in [0.717, 1.165) is 0 Å². The number of alkyl halides is 3. The van der Waals surface area contributed by atoms with Gasteiger partial charge in [-0.05, 0) is 30.3 Å². The van der Waals surface area contributed by atoms with Crippen molar-refractivity contribution in [2.75, 3.05) is 27.3 Å². The average Bonchev–Trinajstić information content (AvgIpc) is 3.26. The van der Waals surface area contributed by atoms with E-state index in [2.05, 4.69) is 10.4 Å². The number of para-hydroxylation sites is 1. The van der Waals surface area contributed by atoms with Gasteiger partial charge in [-0.15, -0.1) is 0 Å². The minimum Gasteiger partial charge on any atom is -0.493 e. The lowest BCUT2D eigenvalue weighted by Crippen LogP contribution is -2.40. The molecule has 2 amide bonds. The molecule has 0 saturated heterocycles. The number of hydrogen-bond acceptors (Lipinski definition) is 5. The highest BCUT2D eigenvalue weighted by molar-refractivity contribution is 6.01. The highest BCUT2D eigenvalue weighted by Gasteiger charge is 2.28. The fourth-order valence-electron chi connectivity index (χ4n) is 2.97. The summed E-state index contributed by atoms with van der Waals surface area (Å²) in [4.78, 5) is 24.5. The normalized spacial score (nSPS) is 11.1. The summed E-state index contributed by atoms with van der Waals surface area (Å²) in [6.45, 7) is -2.11. The van der Waals surface area contributed by atoms with E-state index in [9.17, 15) is 22.8 Å². The Morgan fingerprint density at radius 2 is 1.70 bits per heavy atom. The largest absolute Gasteiger partial charge is 0.493 e. The zero-order valence-corrected chi connectivity index (χ0v) is 17.8. The third-order valence-corrected chi connectivity index (χ3v) is 4.53. The number of nitrogens with zero attached hydrogens (tertiary/aromatic N) is 2. The molecule has 3 aromatic rings. The van der Waals surface area contributed by atoms with Crippen LogP contribution in [-0.2, 0) is 4.79 Å². The number of hydrogen-bond donors (Lipinski definition) is 2. The number of rotatable bonds is 8. The van der Waals surface area contributed by atoms with Crippen LogP contribution in [0.5, 0.6) is 11.5 Å². The van der Waals surface area contributed by atoms with Crippen LogP contribution in [0.3, 0.4) is 0 Å². The molecule has 2 aromatic carbocycles. The van der Waals surface area contributed by atoms with Gasteiger partial charge in [0, 0.05) is 11.8 Å². The molecule has 0 aliphatic rings. The van der Waals surface area contributed by atoms with Crippen LogP contribution < -0.4 is 20.1 Å². The number of carbonyl (C=O) groups excluding carboxylic acids is 2. The van der Waals surface area contributed by atoms with Crippen molar-refractivity contribution < 1.29 is 32.2 Å². The van der Waals surface area contributed by atoms with Crippen molar-refractivity contribution in [3.8, 4) is 28.4 Å². The van der Waals surface area contributed by atoms with Gasteiger partial charge in [0.2, 0.25) is 5.91 Å². The molecule has 33 heavy (non-hydrogen) atoms. The second-order valence-corrected chi connectivity index (χ2v) is 6.82. The smallest absolute Gasteiger partial charge is 0.405 e. The Morgan fingerprint density at radius 3 is 2.33 bits per heavy atom. The summed E-state index contributed by atoms with van der Waals surface area (Å²) in [5, 5.41) is 8.55. The molecule has 0 saturated carbocycles. The Morgan fingerprint density at radius 1 is 1.00 bits per heavy atom. The molecule has 0 aliphatic heterocycles. The van der Waals surface area contributed by atoms with Gasteiger partial charge in [0.25, 0.3) is 5.91 Å². The molecule has 3 rings (SSSR count). The lowest BCUT2D eigenvalue weighted by Gasteiger charge is -2.10. The van der Waals surface area contributed by atoms with Crippen LogP contribution in [-0.4, -0.2) is 55.1 Å². The van der Waals surface area contributed by atoms with Crippen molar-refractivity contribution in [2.24, 2.45) is 0 Å². The van der Waals surface area contributed by atoms with E-state index in [1.807, 2.05) is 6.07 Å². The van der Waals surface area contributed by atoms with Gasteiger partial charge in [0.1, 0.15) is 12.2 Å². The van der Waals surface area contributed by atoms with Gasteiger partial charge in [0.15, 0.2) is 11.5 Å². The number of benzene rings is 2. The summed E-state index contributed by atoms with van der Waals surface area (Å²) < 4.78 is 48.9. The van der Waals surface area contributed by atoms with Gasteiger partial charge < -0.3 is 20.1 Å². The summed E-state index contributed by atoms with van der Waals surface area (Å²) in [5.74, 6) is -0.744. The second kappa shape index (κ2) is 10.1. The standard InChI is InChI=1S/C22H21F3N4O4/c1-32-17-9-8-14(10-18(17)33-2)20-16(12-29(28-20)15-6-4-3-5-7-15)21(31)26-11-19(30)27-13-22(23,24)25/h3-10,12H,11,13H2,1-2H3,(H,26,31)(H,27,30). The molecule has 0 atom stereocenters. The van der Waals surface area contributed by atoms with Crippen molar-refractivity contribution in [1.82, 2.24) is 20.4 Å². The van der Waals surface area contributed by atoms with Crippen LogP contribution in [0.1, 0.15) is 10.4 Å². The minimum absolute atomic E-state index is 0.120. The Balaban J connectivity index is 1.90. The summed E-state index contributed by atoms with van der Waals surface area (Å²) in [6, 6.07) is 14.0. The van der Waals surface area contributed by atoms with Crippen LogP contribution in [0.2, 0.25) is 0 Å². The van der Waals surface area contributed by atoms with Gasteiger partial charge in [-0.2, -0.15) is 18.3 Å². The van der Waals surface area contributed by atoms with Crippen LogP contribution in [0.4, 0.5) is 13.2 Å². The monoisotopic (exact) mass is 462 g/mol. The fraction of sp³-hybridized carbons (Fsp3) is 0.227. The van der Waals surface area contributed by atoms with Crippen LogP contribution in [0.25, 0.3) is 16.9 Å². The summed E-state index contributed by atoms with van der Waals surface area (Å²) >= 11 is 0. The van der Waals surface area contributed by atoms with Crippen LogP contribution in [0.15, 0.2) is 54.7 Å². The Labute approximate surface area is 187 Å². The molecule has 2 N–H and O–H groups in total. The topological polar surface area (TPSA) is 94.5 Å². The highest BCUT2D eigenvalue weighted by Crippen LogP contribution is 2.33. The van der Waals surface area contributed by atoms with Gasteiger partial charge in [0.05, 0.1) is 32.0 Å². The Bertz CT molecular complexity index is 1130. The molecule has 0 radical (unpaired) electrons. The Kier molecular flexibility index (Phi) is 7.21. The number of amides is 2. The first-order valence-corrected chi connectivity index (χ1v) is 9.71. The van der Waals surface area contributed by atoms with Gasteiger partial charge >= 0.3 is 6.18 Å². The van der Waals surface area contributed by atoms with E-state index in [1.54, 1.807) is 47.8 Å². The number of halogens is 3. The van der Waals surface area contributed by atoms with E-state index in [1.165, 1.54) is 25.1 Å². The predicted octanol–water partition coefficient (Wildman–Crippen LogP) is 2.96. The van der Waals surface area contributed by atoms with E-state index < -0.39 is 31.1 Å². The fourth-order valence-corrected chi connectivity index (χ4v) is 2.97. The summed E-state index contributed by atoms with van der Waals surface area (Å²) in [7, 11) is 2.96. The van der Waals surface area contributed by atoms with Crippen LogP contribution >= 0.6 is 0 Å². The maximum absolute atomic E-state index is 12.8. The van der Waals surface area contributed by atoms with Crippen molar-refractivity contribution in [1.29, 1.82) is 0 Å². The minimum atomic E-state index is -4.54. The highest BCUT2D eigenvalue weighted by atomic mass is 19.4. The first-order valence-electron chi connectivity index (χ1n) is 9.71. The summed E-state index contributed by atoms with van der Waals surface area (Å²) in [6.07, 6.45) is -3.07. The molecular formula is C22H21F3N4O4.